The predicted molar refractivity (Wildman–Crippen MR) is 132 cm³/mol. The molecular weight excluding hydrogens is 457 g/mol. The molecule has 174 valence electrons. The van der Waals surface area contributed by atoms with Gasteiger partial charge < -0.3 is 16.0 Å². The Labute approximate surface area is 201 Å². The van der Waals surface area contributed by atoms with Gasteiger partial charge in [-0.05, 0) is 66.2 Å². The zero-order valence-corrected chi connectivity index (χ0v) is 19.2. The van der Waals surface area contributed by atoms with Crippen molar-refractivity contribution in [2.45, 2.75) is 6.04 Å². The summed E-state index contributed by atoms with van der Waals surface area (Å²) in [5.41, 5.74) is 7.93. The summed E-state index contributed by atoms with van der Waals surface area (Å²) >= 11 is 5.98. The lowest BCUT2D eigenvalue weighted by atomic mass is 10.0. The molecule has 0 saturated carbocycles. The number of primary amides is 1. The Morgan fingerprint density at radius 3 is 2.26 bits per heavy atom. The number of benzene rings is 3. The molecule has 1 aliphatic rings. The van der Waals surface area contributed by atoms with Gasteiger partial charge in [-0.3, -0.25) is 14.7 Å². The number of nitrogens with one attached hydrogen (secondary N) is 1. The van der Waals surface area contributed by atoms with E-state index in [0.29, 0.717) is 22.0 Å². The number of amides is 3. The van der Waals surface area contributed by atoms with E-state index < -0.39 is 23.8 Å². The molecule has 0 spiro atoms. The van der Waals surface area contributed by atoms with Crippen LogP contribution in [0.25, 0.3) is 0 Å². The van der Waals surface area contributed by atoms with E-state index in [2.05, 4.69) is 15.2 Å². The SMILES string of the molecule is CN1CCN=C1c1ccc(NC(=O)C(c2ccc(F)cc2)N(C(N)=O)c2ccc(Cl)cc2)cc1. The summed E-state index contributed by atoms with van der Waals surface area (Å²) in [6.07, 6.45) is 0. The zero-order valence-electron chi connectivity index (χ0n) is 18.4. The molecule has 3 N–H and O–H groups in total. The van der Waals surface area contributed by atoms with Gasteiger partial charge in [-0.15, -0.1) is 0 Å². The molecule has 4 rings (SSSR count). The molecule has 0 fully saturated rings. The van der Waals surface area contributed by atoms with Crippen LogP contribution in [0.5, 0.6) is 0 Å². The van der Waals surface area contributed by atoms with Gasteiger partial charge in [0.15, 0.2) is 0 Å². The Balaban J connectivity index is 1.65. The van der Waals surface area contributed by atoms with Crippen LogP contribution in [-0.2, 0) is 4.79 Å². The van der Waals surface area contributed by atoms with E-state index in [1.165, 1.54) is 24.3 Å². The second-order valence-electron chi connectivity index (χ2n) is 7.83. The lowest BCUT2D eigenvalue weighted by Crippen LogP contribution is -2.44. The van der Waals surface area contributed by atoms with Gasteiger partial charge in [-0.2, -0.15) is 0 Å². The Hall–Kier alpha value is -3.91. The number of rotatable bonds is 6. The molecule has 1 aliphatic heterocycles. The number of urea groups is 1. The fourth-order valence-corrected chi connectivity index (χ4v) is 3.95. The van der Waals surface area contributed by atoms with Crippen LogP contribution >= 0.6 is 11.6 Å². The van der Waals surface area contributed by atoms with Gasteiger partial charge in [0, 0.05) is 35.6 Å². The predicted octanol–water partition coefficient (Wildman–Crippen LogP) is 4.44. The third-order valence-electron chi connectivity index (χ3n) is 5.50. The molecule has 34 heavy (non-hydrogen) atoms. The summed E-state index contributed by atoms with van der Waals surface area (Å²) in [5, 5.41) is 3.31. The molecule has 3 amide bonds. The molecule has 0 saturated heterocycles. The van der Waals surface area contributed by atoms with E-state index in [1.54, 1.807) is 36.4 Å². The van der Waals surface area contributed by atoms with Crippen molar-refractivity contribution in [2.75, 3.05) is 30.4 Å². The first kappa shape index (κ1) is 23.3. The molecule has 0 bridgehead atoms. The monoisotopic (exact) mass is 479 g/mol. The molecule has 1 atom stereocenters. The minimum absolute atomic E-state index is 0.374. The number of aliphatic imine (C=N–C) groups is 1. The van der Waals surface area contributed by atoms with E-state index in [-0.39, 0.29) is 0 Å². The summed E-state index contributed by atoms with van der Waals surface area (Å²) < 4.78 is 13.6. The molecule has 1 heterocycles. The van der Waals surface area contributed by atoms with E-state index in [4.69, 9.17) is 17.3 Å². The molecule has 3 aromatic carbocycles. The van der Waals surface area contributed by atoms with Crippen LogP contribution in [0.2, 0.25) is 5.02 Å². The molecular formula is C25H23ClFN5O2. The third kappa shape index (κ3) is 5.02. The highest BCUT2D eigenvalue weighted by atomic mass is 35.5. The van der Waals surface area contributed by atoms with Crippen molar-refractivity contribution in [2.24, 2.45) is 10.7 Å². The number of carbonyl (C=O) groups is 2. The number of likely N-dealkylation sites (N-methyl/N-ethyl adjacent to an activating group) is 1. The first-order chi connectivity index (χ1) is 16.3. The van der Waals surface area contributed by atoms with Gasteiger partial charge in [0.05, 0.1) is 6.54 Å². The number of nitrogens with two attached hydrogens (primary N) is 1. The first-order valence-corrected chi connectivity index (χ1v) is 11.0. The van der Waals surface area contributed by atoms with Gasteiger partial charge in [-0.1, -0.05) is 23.7 Å². The van der Waals surface area contributed by atoms with Gasteiger partial charge in [0.25, 0.3) is 5.91 Å². The summed E-state index contributed by atoms with van der Waals surface area (Å²) in [5.74, 6) is -0.0800. The fraction of sp³-hybridized carbons (Fsp3) is 0.160. The van der Waals surface area contributed by atoms with E-state index in [1.807, 2.05) is 19.2 Å². The number of halogens is 2. The van der Waals surface area contributed by atoms with E-state index in [0.717, 1.165) is 29.4 Å². The van der Waals surface area contributed by atoms with Gasteiger partial charge in [0.2, 0.25) is 0 Å². The van der Waals surface area contributed by atoms with Crippen LogP contribution in [0.15, 0.2) is 77.8 Å². The van der Waals surface area contributed by atoms with Gasteiger partial charge in [0.1, 0.15) is 17.7 Å². The van der Waals surface area contributed by atoms with E-state index in [9.17, 15) is 14.0 Å². The summed E-state index contributed by atoms with van der Waals surface area (Å²) in [4.78, 5) is 33.7. The van der Waals surface area contributed by atoms with Crippen molar-refractivity contribution in [3.05, 3.63) is 94.8 Å². The number of nitrogens with zero attached hydrogens (tertiary/aromatic N) is 3. The van der Waals surface area contributed by atoms with Crippen molar-refractivity contribution in [1.29, 1.82) is 0 Å². The molecule has 0 aliphatic carbocycles. The van der Waals surface area contributed by atoms with Crippen molar-refractivity contribution < 1.29 is 14.0 Å². The van der Waals surface area contributed by atoms with Gasteiger partial charge in [-0.25, -0.2) is 9.18 Å². The minimum Gasteiger partial charge on any atom is -0.358 e. The van der Waals surface area contributed by atoms with Crippen molar-refractivity contribution in [3.8, 4) is 0 Å². The summed E-state index contributed by atoms with van der Waals surface area (Å²) in [6.45, 7) is 1.61. The molecule has 7 nitrogen and oxygen atoms in total. The smallest absolute Gasteiger partial charge is 0.320 e. The second kappa shape index (κ2) is 9.93. The standard InChI is InChI=1S/C25H23ClFN5O2/c1-31-15-14-29-23(31)17-4-10-20(11-5-17)30-24(33)22(16-2-8-19(27)9-3-16)32(25(28)34)21-12-6-18(26)7-13-21/h2-13,22H,14-15H2,1H3,(H2,28,34)(H,30,33). The summed E-state index contributed by atoms with van der Waals surface area (Å²) in [7, 11) is 1.98. The average Bonchev–Trinajstić information content (AvgIpc) is 3.25. The molecule has 9 heteroatoms. The Morgan fingerprint density at radius 1 is 1.06 bits per heavy atom. The van der Waals surface area contributed by atoms with Crippen LogP contribution in [0.1, 0.15) is 17.2 Å². The molecule has 3 aromatic rings. The molecule has 0 aromatic heterocycles. The number of carbonyl (C=O) groups excluding carboxylic acids is 2. The lowest BCUT2D eigenvalue weighted by molar-refractivity contribution is -0.117. The van der Waals surface area contributed by atoms with Crippen LogP contribution in [-0.4, -0.2) is 42.8 Å². The Bertz CT molecular complexity index is 1210. The first-order valence-electron chi connectivity index (χ1n) is 10.6. The highest BCUT2D eigenvalue weighted by Crippen LogP contribution is 2.30. The zero-order chi connectivity index (χ0) is 24.2. The maximum Gasteiger partial charge on any atom is 0.320 e. The summed E-state index contributed by atoms with van der Waals surface area (Å²) in [6, 6.07) is 17.0. The number of amidine groups is 1. The van der Waals surface area contributed by atoms with Crippen molar-refractivity contribution >= 4 is 40.7 Å². The largest absolute Gasteiger partial charge is 0.358 e. The van der Waals surface area contributed by atoms with E-state index >= 15 is 0 Å². The normalized spacial score (nSPS) is 13.9. The maximum atomic E-state index is 13.6. The van der Waals surface area contributed by atoms with Crippen LogP contribution < -0.4 is 16.0 Å². The number of hydrogen-bond acceptors (Lipinski definition) is 4. The van der Waals surface area contributed by atoms with Crippen molar-refractivity contribution in [1.82, 2.24) is 4.90 Å². The molecule has 0 radical (unpaired) electrons. The van der Waals surface area contributed by atoms with Crippen LogP contribution in [0.4, 0.5) is 20.6 Å². The van der Waals surface area contributed by atoms with Gasteiger partial charge >= 0.3 is 6.03 Å². The highest BCUT2D eigenvalue weighted by Gasteiger charge is 2.32. The van der Waals surface area contributed by atoms with Crippen LogP contribution in [0, 0.1) is 5.82 Å². The Morgan fingerprint density at radius 2 is 1.71 bits per heavy atom. The maximum absolute atomic E-state index is 13.6. The lowest BCUT2D eigenvalue weighted by Gasteiger charge is -2.30. The van der Waals surface area contributed by atoms with Crippen molar-refractivity contribution in [3.63, 3.8) is 0 Å². The number of anilines is 2. The second-order valence-corrected chi connectivity index (χ2v) is 8.27. The fourth-order valence-electron chi connectivity index (χ4n) is 3.83. The third-order valence-corrected chi connectivity index (χ3v) is 5.76. The highest BCUT2D eigenvalue weighted by molar-refractivity contribution is 6.30. The average molecular weight is 480 g/mol. The minimum atomic E-state index is -1.15. The molecule has 1 unspecified atom stereocenters. The topological polar surface area (TPSA) is 91.0 Å². The van der Waals surface area contributed by atoms with Crippen LogP contribution in [0.3, 0.4) is 0 Å². The quantitative estimate of drug-likeness (QED) is 0.547. The number of hydrogen-bond donors (Lipinski definition) is 2. The Kier molecular flexibility index (Phi) is 6.79.